The van der Waals surface area contributed by atoms with Gasteiger partial charge < -0.3 is 20.6 Å². The fraction of sp³-hybridized carbons (Fsp3) is 0.588. The van der Waals surface area contributed by atoms with E-state index in [1.165, 1.54) is 18.6 Å². The summed E-state index contributed by atoms with van der Waals surface area (Å²) in [5.74, 6) is -0.372. The van der Waals surface area contributed by atoms with Crippen molar-refractivity contribution in [3.05, 3.63) is 24.0 Å². The van der Waals surface area contributed by atoms with Crippen LogP contribution in [0, 0.1) is 5.82 Å². The third-order valence-corrected chi connectivity index (χ3v) is 4.21. The molecule has 0 saturated carbocycles. The maximum absolute atomic E-state index is 13.6. The molecular weight excluding hydrogens is 297 g/mol. The number of hydrogen-bond donors (Lipinski definition) is 3. The maximum atomic E-state index is 13.6. The van der Waals surface area contributed by atoms with E-state index in [2.05, 4.69) is 15.5 Å². The van der Waals surface area contributed by atoms with E-state index < -0.39 is 0 Å². The smallest absolute Gasteiger partial charge is 0.319 e. The molecule has 128 valence electrons. The zero-order chi connectivity index (χ0) is 16.7. The first-order valence-electron chi connectivity index (χ1n) is 8.37. The van der Waals surface area contributed by atoms with Gasteiger partial charge in [0.1, 0.15) is 5.82 Å². The Morgan fingerprint density at radius 1 is 1.35 bits per heavy atom. The molecule has 5 nitrogen and oxygen atoms in total. The molecule has 0 spiro atoms. The van der Waals surface area contributed by atoms with Gasteiger partial charge in [0.2, 0.25) is 0 Å². The number of nitrogens with one attached hydrogen (secondary N) is 2. The topological polar surface area (TPSA) is 64.6 Å². The van der Waals surface area contributed by atoms with Gasteiger partial charge in [-0.1, -0.05) is 6.92 Å². The van der Waals surface area contributed by atoms with Crippen LogP contribution in [0.25, 0.3) is 0 Å². The molecule has 1 atom stereocenters. The van der Waals surface area contributed by atoms with E-state index in [4.69, 9.17) is 5.11 Å². The average molecular weight is 323 g/mol. The van der Waals surface area contributed by atoms with Crippen LogP contribution in [0.1, 0.15) is 39.0 Å². The van der Waals surface area contributed by atoms with Crippen LogP contribution < -0.4 is 15.5 Å². The Bertz CT molecular complexity index is 519. The van der Waals surface area contributed by atoms with Crippen molar-refractivity contribution >= 4 is 17.4 Å². The molecule has 0 bridgehead atoms. The molecule has 1 aliphatic heterocycles. The Balaban J connectivity index is 2.08. The van der Waals surface area contributed by atoms with Crippen LogP contribution in [0.2, 0.25) is 0 Å². The molecular formula is C17H26FN3O2. The summed E-state index contributed by atoms with van der Waals surface area (Å²) in [5.41, 5.74) is 1.35. The van der Waals surface area contributed by atoms with Gasteiger partial charge in [-0.15, -0.1) is 0 Å². The number of piperidine rings is 1. The molecule has 0 aromatic heterocycles. The number of rotatable bonds is 6. The summed E-state index contributed by atoms with van der Waals surface area (Å²) in [6.07, 6.45) is 4.66. The van der Waals surface area contributed by atoms with E-state index in [0.29, 0.717) is 12.1 Å². The van der Waals surface area contributed by atoms with Crippen molar-refractivity contribution in [2.75, 3.05) is 29.9 Å². The molecule has 0 radical (unpaired) electrons. The summed E-state index contributed by atoms with van der Waals surface area (Å²) in [5, 5.41) is 14.6. The Labute approximate surface area is 136 Å². The van der Waals surface area contributed by atoms with Gasteiger partial charge in [-0.2, -0.15) is 0 Å². The van der Waals surface area contributed by atoms with Crippen LogP contribution in [0.15, 0.2) is 18.2 Å². The SMILES string of the molecule is CCC(CCO)NC(=O)Nc1cc(F)ccc1N1CCCCC1. The summed E-state index contributed by atoms with van der Waals surface area (Å²) in [6, 6.07) is 4.05. The first-order chi connectivity index (χ1) is 11.1. The number of aliphatic hydroxyl groups is 1. The van der Waals surface area contributed by atoms with Crippen molar-refractivity contribution in [1.29, 1.82) is 0 Å². The summed E-state index contributed by atoms with van der Waals surface area (Å²) in [4.78, 5) is 14.3. The number of anilines is 2. The molecule has 3 N–H and O–H groups in total. The van der Waals surface area contributed by atoms with Crippen molar-refractivity contribution < 1.29 is 14.3 Å². The second-order valence-electron chi connectivity index (χ2n) is 5.93. The normalized spacial score (nSPS) is 16.0. The van der Waals surface area contributed by atoms with Crippen LogP contribution in [0.5, 0.6) is 0 Å². The lowest BCUT2D eigenvalue weighted by Crippen LogP contribution is -2.38. The number of halogens is 1. The number of benzene rings is 1. The van der Waals surface area contributed by atoms with Crippen LogP contribution in [-0.2, 0) is 0 Å². The van der Waals surface area contributed by atoms with Crippen LogP contribution in [0.4, 0.5) is 20.6 Å². The van der Waals surface area contributed by atoms with Gasteiger partial charge in [0, 0.05) is 25.7 Å². The van der Waals surface area contributed by atoms with Gasteiger partial charge in [-0.05, 0) is 50.3 Å². The molecule has 23 heavy (non-hydrogen) atoms. The fourth-order valence-corrected chi connectivity index (χ4v) is 2.90. The quantitative estimate of drug-likeness (QED) is 0.754. The van der Waals surface area contributed by atoms with Crippen molar-refractivity contribution in [3.63, 3.8) is 0 Å². The number of nitrogens with zero attached hydrogens (tertiary/aromatic N) is 1. The summed E-state index contributed by atoms with van der Waals surface area (Å²) >= 11 is 0. The molecule has 1 unspecified atom stereocenters. The zero-order valence-corrected chi connectivity index (χ0v) is 13.6. The van der Waals surface area contributed by atoms with Gasteiger partial charge in [-0.3, -0.25) is 0 Å². The molecule has 6 heteroatoms. The lowest BCUT2D eigenvalue weighted by atomic mass is 10.1. The standard InChI is InChI=1S/C17H26FN3O2/c1-2-14(8-11-22)19-17(23)20-15-12-13(18)6-7-16(15)21-9-4-3-5-10-21/h6-7,12,14,22H,2-5,8-11H2,1H3,(H2,19,20,23). The van der Waals surface area contributed by atoms with E-state index in [0.717, 1.165) is 38.0 Å². The molecule has 2 rings (SSSR count). The van der Waals surface area contributed by atoms with Crippen LogP contribution in [0.3, 0.4) is 0 Å². The Kier molecular flexibility index (Phi) is 6.65. The lowest BCUT2D eigenvalue weighted by molar-refractivity contribution is 0.237. The highest BCUT2D eigenvalue weighted by atomic mass is 19.1. The van der Waals surface area contributed by atoms with Crippen LogP contribution in [-0.4, -0.2) is 36.9 Å². The van der Waals surface area contributed by atoms with Gasteiger partial charge >= 0.3 is 6.03 Å². The van der Waals surface area contributed by atoms with E-state index in [-0.39, 0.29) is 24.5 Å². The lowest BCUT2D eigenvalue weighted by Gasteiger charge is -2.30. The summed E-state index contributed by atoms with van der Waals surface area (Å²) < 4.78 is 13.6. The van der Waals surface area contributed by atoms with Crippen molar-refractivity contribution in [2.24, 2.45) is 0 Å². The number of urea groups is 1. The average Bonchev–Trinajstić information content (AvgIpc) is 2.55. The number of carbonyl (C=O) groups excluding carboxylic acids is 1. The second kappa shape index (κ2) is 8.72. The van der Waals surface area contributed by atoms with Gasteiger partial charge in [0.15, 0.2) is 0 Å². The minimum atomic E-state index is -0.372. The van der Waals surface area contributed by atoms with E-state index in [1.54, 1.807) is 6.07 Å². The molecule has 2 amide bonds. The third-order valence-electron chi connectivity index (χ3n) is 4.21. The van der Waals surface area contributed by atoms with E-state index in [9.17, 15) is 9.18 Å². The Morgan fingerprint density at radius 2 is 2.09 bits per heavy atom. The third kappa shape index (κ3) is 5.10. The molecule has 1 aromatic rings. The first kappa shape index (κ1) is 17.5. The molecule has 0 aliphatic carbocycles. The highest BCUT2D eigenvalue weighted by molar-refractivity contribution is 5.93. The van der Waals surface area contributed by atoms with Crippen molar-refractivity contribution in [2.45, 2.75) is 45.1 Å². The second-order valence-corrected chi connectivity index (χ2v) is 5.93. The Hall–Kier alpha value is -1.82. The summed E-state index contributed by atoms with van der Waals surface area (Å²) in [6.45, 7) is 3.81. The molecule has 1 saturated heterocycles. The predicted molar refractivity (Wildman–Crippen MR) is 90.4 cm³/mol. The van der Waals surface area contributed by atoms with Crippen LogP contribution >= 0.6 is 0 Å². The minimum absolute atomic E-state index is 0.0256. The highest BCUT2D eigenvalue weighted by Gasteiger charge is 2.17. The van der Waals surface area contributed by atoms with Crippen molar-refractivity contribution in [1.82, 2.24) is 5.32 Å². The first-order valence-corrected chi connectivity index (χ1v) is 8.37. The summed E-state index contributed by atoms with van der Waals surface area (Å²) in [7, 11) is 0. The molecule has 1 aliphatic rings. The minimum Gasteiger partial charge on any atom is -0.396 e. The number of carbonyl (C=O) groups is 1. The van der Waals surface area contributed by atoms with E-state index in [1.807, 2.05) is 6.92 Å². The molecule has 1 aromatic carbocycles. The van der Waals surface area contributed by atoms with Gasteiger partial charge in [-0.25, -0.2) is 9.18 Å². The van der Waals surface area contributed by atoms with Gasteiger partial charge in [0.05, 0.1) is 11.4 Å². The highest BCUT2D eigenvalue weighted by Crippen LogP contribution is 2.29. The van der Waals surface area contributed by atoms with E-state index >= 15 is 0 Å². The monoisotopic (exact) mass is 323 g/mol. The fourth-order valence-electron chi connectivity index (χ4n) is 2.90. The maximum Gasteiger partial charge on any atom is 0.319 e. The Morgan fingerprint density at radius 3 is 2.74 bits per heavy atom. The number of hydrogen-bond acceptors (Lipinski definition) is 3. The van der Waals surface area contributed by atoms with Gasteiger partial charge in [0.25, 0.3) is 0 Å². The zero-order valence-electron chi connectivity index (χ0n) is 13.6. The number of aliphatic hydroxyl groups excluding tert-OH is 1. The largest absolute Gasteiger partial charge is 0.396 e. The molecule has 1 fully saturated rings. The van der Waals surface area contributed by atoms with Crippen molar-refractivity contribution in [3.8, 4) is 0 Å². The number of amides is 2. The predicted octanol–water partition coefficient (Wildman–Crippen LogP) is 3.10. The molecule has 1 heterocycles.